The Morgan fingerprint density at radius 1 is 0.241 bits per heavy atom. The second-order valence-electron chi connectivity index (χ2n) is 24.8. The maximum atomic E-state index is 13.0. The molecule has 0 heterocycles. The molecule has 0 aliphatic heterocycles. The topological polar surface area (TPSA) is 78.9 Å². The summed E-state index contributed by atoms with van der Waals surface area (Å²) in [5.74, 6) is -0.866. The Labute approximate surface area is 517 Å². The summed E-state index contributed by atoms with van der Waals surface area (Å²) in [5, 5.41) is 0. The summed E-state index contributed by atoms with van der Waals surface area (Å²) < 4.78 is 17.0. The van der Waals surface area contributed by atoms with Gasteiger partial charge >= 0.3 is 17.9 Å². The monoisotopic (exact) mass is 1160 g/mol. The van der Waals surface area contributed by atoms with Gasteiger partial charge in [-0.25, -0.2) is 0 Å². The minimum atomic E-state index is -0.781. The fourth-order valence-corrected chi connectivity index (χ4v) is 10.9. The van der Waals surface area contributed by atoms with Crippen molar-refractivity contribution in [1.82, 2.24) is 0 Å². The third-order valence-electron chi connectivity index (χ3n) is 16.5. The Morgan fingerprint density at radius 3 is 0.699 bits per heavy atom. The van der Waals surface area contributed by atoms with Crippen molar-refractivity contribution < 1.29 is 28.6 Å². The van der Waals surface area contributed by atoms with Crippen molar-refractivity contribution in [3.63, 3.8) is 0 Å². The molecule has 0 aromatic heterocycles. The zero-order valence-corrected chi connectivity index (χ0v) is 55.7. The summed E-state index contributed by atoms with van der Waals surface area (Å²) in [7, 11) is 0. The zero-order valence-electron chi connectivity index (χ0n) is 55.7. The van der Waals surface area contributed by atoms with Gasteiger partial charge in [-0.2, -0.15) is 0 Å². The molecule has 6 nitrogen and oxygen atoms in total. The summed E-state index contributed by atoms with van der Waals surface area (Å²) >= 11 is 0. The molecule has 0 saturated carbocycles. The SMILES string of the molecule is CCCCC/C=C\C/C=C\CCCCCCCC(=O)OCC(COC(=O)CCCCCCCCCCCCCCCCC/C=C\C/C=C\CCCCCCC)OC(=O)CCCCCCCCCCCCC/C=C\CCCCCCCCCC. The van der Waals surface area contributed by atoms with E-state index in [1.807, 2.05) is 0 Å². The van der Waals surface area contributed by atoms with Gasteiger partial charge in [-0.3, -0.25) is 14.4 Å². The molecule has 6 heteroatoms. The highest BCUT2D eigenvalue weighted by molar-refractivity contribution is 5.71. The van der Waals surface area contributed by atoms with E-state index in [0.717, 1.165) is 83.5 Å². The maximum absolute atomic E-state index is 13.0. The molecule has 0 N–H and O–H groups in total. The lowest BCUT2D eigenvalue weighted by Gasteiger charge is -2.18. The van der Waals surface area contributed by atoms with E-state index in [1.54, 1.807) is 0 Å². The number of hydrogen-bond acceptors (Lipinski definition) is 6. The van der Waals surface area contributed by atoms with Crippen molar-refractivity contribution in [2.24, 2.45) is 0 Å². The lowest BCUT2D eigenvalue weighted by molar-refractivity contribution is -0.167. The van der Waals surface area contributed by atoms with Crippen LogP contribution in [-0.2, 0) is 28.6 Å². The molecule has 0 amide bonds. The Balaban J connectivity index is 4.27. The molecule has 1 atom stereocenters. The number of carbonyl (C=O) groups excluding carboxylic acids is 3. The second kappa shape index (κ2) is 71.6. The average Bonchev–Trinajstić information content (AvgIpc) is 3.49. The first-order valence-electron chi connectivity index (χ1n) is 36.8. The van der Waals surface area contributed by atoms with Crippen LogP contribution in [0, 0.1) is 0 Å². The van der Waals surface area contributed by atoms with Crippen LogP contribution in [0.1, 0.15) is 393 Å². The van der Waals surface area contributed by atoms with Crippen LogP contribution in [0.5, 0.6) is 0 Å². The Hall–Kier alpha value is -2.89. The van der Waals surface area contributed by atoms with Crippen molar-refractivity contribution in [3.8, 4) is 0 Å². The van der Waals surface area contributed by atoms with Crippen LogP contribution in [0.15, 0.2) is 60.8 Å². The molecule has 0 aromatic carbocycles. The van der Waals surface area contributed by atoms with Gasteiger partial charge in [0, 0.05) is 19.3 Å². The number of esters is 3. The largest absolute Gasteiger partial charge is 0.462 e. The summed E-state index contributed by atoms with van der Waals surface area (Å²) in [6.07, 6.45) is 92.5. The second-order valence-corrected chi connectivity index (χ2v) is 24.8. The van der Waals surface area contributed by atoms with Gasteiger partial charge in [0.1, 0.15) is 13.2 Å². The van der Waals surface area contributed by atoms with E-state index >= 15 is 0 Å². The first-order chi connectivity index (χ1) is 41.0. The number of allylic oxidation sites excluding steroid dienone is 10. The van der Waals surface area contributed by atoms with Crippen molar-refractivity contribution in [3.05, 3.63) is 60.8 Å². The van der Waals surface area contributed by atoms with Crippen molar-refractivity contribution >= 4 is 17.9 Å². The van der Waals surface area contributed by atoms with Crippen LogP contribution in [-0.4, -0.2) is 37.2 Å². The first kappa shape index (κ1) is 80.1. The lowest BCUT2D eigenvalue weighted by atomic mass is 10.0. The van der Waals surface area contributed by atoms with Crippen LogP contribution in [0.3, 0.4) is 0 Å². The molecule has 0 aliphatic rings. The van der Waals surface area contributed by atoms with Gasteiger partial charge in [-0.15, -0.1) is 0 Å². The summed E-state index contributed by atoms with van der Waals surface area (Å²) in [5.41, 5.74) is 0. The highest BCUT2D eigenvalue weighted by atomic mass is 16.6. The lowest BCUT2D eigenvalue weighted by Crippen LogP contribution is -2.30. The molecule has 0 fully saturated rings. The van der Waals surface area contributed by atoms with E-state index in [-0.39, 0.29) is 31.1 Å². The molecule has 0 radical (unpaired) electrons. The van der Waals surface area contributed by atoms with E-state index in [0.29, 0.717) is 19.3 Å². The van der Waals surface area contributed by atoms with E-state index in [9.17, 15) is 14.4 Å². The van der Waals surface area contributed by atoms with Crippen LogP contribution in [0.4, 0.5) is 0 Å². The summed E-state index contributed by atoms with van der Waals surface area (Å²) in [6, 6.07) is 0. The molecule has 0 aliphatic carbocycles. The smallest absolute Gasteiger partial charge is 0.306 e. The summed E-state index contributed by atoms with van der Waals surface area (Å²) in [6.45, 7) is 6.66. The Kier molecular flexibility index (Phi) is 69.1. The minimum Gasteiger partial charge on any atom is -0.462 e. The number of hydrogen-bond donors (Lipinski definition) is 0. The Morgan fingerprint density at radius 2 is 0.434 bits per heavy atom. The normalized spacial score (nSPS) is 12.4. The zero-order chi connectivity index (χ0) is 59.9. The van der Waals surface area contributed by atoms with E-state index in [1.165, 1.54) is 270 Å². The molecule has 0 rings (SSSR count). The minimum absolute atomic E-state index is 0.0758. The average molecular weight is 1160 g/mol. The molecular formula is C77H140O6. The van der Waals surface area contributed by atoms with Crippen LogP contribution in [0.2, 0.25) is 0 Å². The first-order valence-corrected chi connectivity index (χ1v) is 36.8. The predicted octanol–water partition coefficient (Wildman–Crippen LogP) is 25.5. The number of ether oxygens (including phenoxy) is 3. The summed E-state index contributed by atoms with van der Waals surface area (Å²) in [4.78, 5) is 38.5. The van der Waals surface area contributed by atoms with Crippen LogP contribution >= 0.6 is 0 Å². The Bertz CT molecular complexity index is 1470. The third-order valence-corrected chi connectivity index (χ3v) is 16.5. The number of unbranched alkanes of at least 4 members (excludes halogenated alkanes) is 47. The van der Waals surface area contributed by atoms with Gasteiger partial charge in [-0.05, 0) is 109 Å². The molecule has 83 heavy (non-hydrogen) atoms. The van der Waals surface area contributed by atoms with E-state index < -0.39 is 6.10 Å². The van der Waals surface area contributed by atoms with Crippen LogP contribution in [0.25, 0.3) is 0 Å². The standard InChI is InChI=1S/C77H140O6/c1-4-7-10-13-16-19-22-25-28-30-32-34-36-37-38-39-41-42-44-46-49-52-55-58-61-64-67-70-76(79)82-73-74(72-81-75(78)69-66-63-60-57-54-51-48-27-24-21-18-15-12-9-6-3)83-77(80)71-68-65-62-59-56-53-50-47-45-43-40-35-33-31-29-26-23-20-17-14-11-8-5-2/h18,21-22,25,27,30-33,48,74H,4-17,19-20,23-24,26,28-29,34-47,49-73H2,1-3H3/b21-18-,25-22-,32-30-,33-31-,48-27-. The van der Waals surface area contributed by atoms with Gasteiger partial charge in [-0.1, -0.05) is 326 Å². The quantitative estimate of drug-likeness (QED) is 0.0261. The fourth-order valence-electron chi connectivity index (χ4n) is 10.9. The number of rotatable bonds is 68. The molecule has 0 bridgehead atoms. The van der Waals surface area contributed by atoms with Gasteiger partial charge < -0.3 is 14.2 Å². The molecule has 0 aromatic rings. The van der Waals surface area contributed by atoms with Crippen molar-refractivity contribution in [2.45, 2.75) is 399 Å². The van der Waals surface area contributed by atoms with E-state index in [2.05, 4.69) is 81.5 Å². The van der Waals surface area contributed by atoms with Gasteiger partial charge in [0.25, 0.3) is 0 Å². The van der Waals surface area contributed by atoms with Gasteiger partial charge in [0.05, 0.1) is 0 Å². The molecule has 1 unspecified atom stereocenters. The van der Waals surface area contributed by atoms with Gasteiger partial charge in [0.15, 0.2) is 6.10 Å². The van der Waals surface area contributed by atoms with Crippen molar-refractivity contribution in [2.75, 3.05) is 13.2 Å². The maximum Gasteiger partial charge on any atom is 0.306 e. The van der Waals surface area contributed by atoms with Crippen molar-refractivity contribution in [1.29, 1.82) is 0 Å². The highest BCUT2D eigenvalue weighted by Crippen LogP contribution is 2.18. The number of carbonyl (C=O) groups is 3. The third kappa shape index (κ3) is 69.8. The molecular weight excluding hydrogens is 1020 g/mol. The molecule has 484 valence electrons. The highest BCUT2D eigenvalue weighted by Gasteiger charge is 2.19. The predicted molar refractivity (Wildman–Crippen MR) is 362 cm³/mol. The van der Waals surface area contributed by atoms with E-state index in [4.69, 9.17) is 14.2 Å². The fraction of sp³-hybridized carbons (Fsp3) is 0.831. The molecule has 0 saturated heterocycles. The molecule has 0 spiro atoms. The van der Waals surface area contributed by atoms with Gasteiger partial charge in [0.2, 0.25) is 0 Å². The van der Waals surface area contributed by atoms with Crippen LogP contribution < -0.4 is 0 Å².